The van der Waals surface area contributed by atoms with E-state index < -0.39 is 6.10 Å². The third-order valence-electron chi connectivity index (χ3n) is 3.74. The van der Waals surface area contributed by atoms with Gasteiger partial charge in [-0.15, -0.1) is 12.4 Å². The van der Waals surface area contributed by atoms with E-state index in [0.717, 1.165) is 17.8 Å². The Kier molecular flexibility index (Phi) is 8.42. The molecule has 126 valence electrons. The van der Waals surface area contributed by atoms with Crippen molar-refractivity contribution >= 4 is 29.7 Å². The van der Waals surface area contributed by atoms with Crippen LogP contribution in [-0.4, -0.2) is 31.3 Å². The lowest BCUT2D eigenvalue weighted by atomic mass is 9.99. The number of rotatable bonds is 7. The summed E-state index contributed by atoms with van der Waals surface area (Å²) in [5.74, 6) is 0. The number of benzene rings is 2. The number of para-hydroxylation sites is 1. The molecule has 0 bridgehead atoms. The van der Waals surface area contributed by atoms with Crippen molar-refractivity contribution in [3.8, 4) is 0 Å². The summed E-state index contributed by atoms with van der Waals surface area (Å²) in [7, 11) is 2.00. The average molecular weight is 355 g/mol. The van der Waals surface area contributed by atoms with Gasteiger partial charge >= 0.3 is 0 Å². The van der Waals surface area contributed by atoms with Crippen molar-refractivity contribution in [2.24, 2.45) is 0 Å². The van der Waals surface area contributed by atoms with Crippen LogP contribution in [0, 0.1) is 0 Å². The monoisotopic (exact) mass is 354 g/mol. The molecule has 0 radical (unpaired) electrons. The van der Waals surface area contributed by atoms with Crippen molar-refractivity contribution in [2.75, 3.05) is 25.0 Å². The van der Waals surface area contributed by atoms with Crippen LogP contribution in [-0.2, 0) is 0 Å². The topological polar surface area (TPSA) is 35.5 Å². The summed E-state index contributed by atoms with van der Waals surface area (Å²) in [6.45, 7) is 3.39. The molecule has 23 heavy (non-hydrogen) atoms. The summed E-state index contributed by atoms with van der Waals surface area (Å²) in [5.41, 5.74) is 2.06. The number of nitrogens with zero attached hydrogens (tertiary/aromatic N) is 1. The number of aliphatic hydroxyl groups is 1. The minimum absolute atomic E-state index is 0. The zero-order valence-corrected chi connectivity index (χ0v) is 15.0. The molecule has 0 saturated heterocycles. The molecule has 2 aromatic carbocycles. The molecular weight excluding hydrogens is 331 g/mol. The molecule has 2 atom stereocenters. The van der Waals surface area contributed by atoms with E-state index in [4.69, 9.17) is 11.6 Å². The molecule has 0 aliphatic carbocycles. The van der Waals surface area contributed by atoms with Crippen LogP contribution >= 0.6 is 24.0 Å². The average Bonchev–Trinajstić information content (AvgIpc) is 2.54. The minimum atomic E-state index is -0.538. The van der Waals surface area contributed by atoms with Gasteiger partial charge < -0.3 is 15.3 Å². The molecule has 2 aromatic rings. The van der Waals surface area contributed by atoms with E-state index in [2.05, 4.69) is 10.2 Å². The number of likely N-dealkylation sites (N-methyl/N-ethyl adjacent to an activating group) is 2. The quantitative estimate of drug-likeness (QED) is 0.791. The smallest absolute Gasteiger partial charge is 0.0909 e. The highest BCUT2D eigenvalue weighted by molar-refractivity contribution is 6.30. The zero-order chi connectivity index (χ0) is 15.9. The highest BCUT2D eigenvalue weighted by Gasteiger charge is 2.25. The Hall–Kier alpha value is -1.26. The van der Waals surface area contributed by atoms with Crippen molar-refractivity contribution < 1.29 is 5.11 Å². The molecule has 0 saturated carbocycles. The van der Waals surface area contributed by atoms with Crippen LogP contribution in [0.5, 0.6) is 0 Å². The van der Waals surface area contributed by atoms with Gasteiger partial charge in [-0.1, -0.05) is 48.9 Å². The number of anilines is 1. The van der Waals surface area contributed by atoms with Crippen LogP contribution in [0.25, 0.3) is 0 Å². The van der Waals surface area contributed by atoms with Crippen LogP contribution < -0.4 is 10.2 Å². The lowest BCUT2D eigenvalue weighted by Crippen LogP contribution is -2.40. The minimum Gasteiger partial charge on any atom is -0.389 e. The molecule has 0 aromatic heterocycles. The van der Waals surface area contributed by atoms with Gasteiger partial charge in [-0.3, -0.25) is 0 Å². The number of hydrogen-bond acceptors (Lipinski definition) is 3. The van der Waals surface area contributed by atoms with Gasteiger partial charge in [0, 0.05) is 24.3 Å². The van der Waals surface area contributed by atoms with Gasteiger partial charge in [-0.25, -0.2) is 0 Å². The lowest BCUT2D eigenvalue weighted by molar-refractivity contribution is 0.141. The Balaban J connectivity index is 0.00000264. The summed E-state index contributed by atoms with van der Waals surface area (Å²) in [4.78, 5) is 2.09. The van der Waals surface area contributed by atoms with E-state index >= 15 is 0 Å². The van der Waals surface area contributed by atoms with Crippen LogP contribution in [0.3, 0.4) is 0 Å². The van der Waals surface area contributed by atoms with E-state index in [1.807, 2.05) is 68.6 Å². The predicted octanol–water partition coefficient (Wildman–Crippen LogP) is 3.91. The standard InChI is InChI=1S/C18H23ClN2O.ClH/c1-3-20-13-17(22)18(14-8-7-9-15(19)12-14)21(2)16-10-5-4-6-11-16;/h4-12,17-18,20,22H,3,13H2,1-2H3;1H. The van der Waals surface area contributed by atoms with Crippen LogP contribution in [0.15, 0.2) is 54.6 Å². The molecule has 0 spiro atoms. The van der Waals surface area contributed by atoms with Gasteiger partial charge in [-0.2, -0.15) is 0 Å². The number of aliphatic hydroxyl groups excluding tert-OH is 1. The third kappa shape index (κ3) is 5.40. The first-order valence-electron chi connectivity index (χ1n) is 7.55. The maximum absolute atomic E-state index is 10.7. The summed E-state index contributed by atoms with van der Waals surface area (Å²) in [5, 5.41) is 14.6. The Labute approximate surface area is 149 Å². The first-order chi connectivity index (χ1) is 10.6. The highest BCUT2D eigenvalue weighted by Crippen LogP contribution is 2.29. The number of nitrogens with one attached hydrogen (secondary N) is 1. The molecule has 0 aliphatic heterocycles. The Morgan fingerprint density at radius 2 is 1.83 bits per heavy atom. The van der Waals surface area contributed by atoms with E-state index in [1.54, 1.807) is 0 Å². The molecule has 5 heteroatoms. The maximum Gasteiger partial charge on any atom is 0.0909 e. The van der Waals surface area contributed by atoms with Crippen molar-refractivity contribution in [1.82, 2.24) is 5.32 Å². The first kappa shape index (κ1) is 19.8. The summed E-state index contributed by atoms with van der Waals surface area (Å²) in [6, 6.07) is 17.6. The number of halogens is 2. The lowest BCUT2D eigenvalue weighted by Gasteiger charge is -2.34. The van der Waals surface area contributed by atoms with Gasteiger partial charge in [-0.05, 0) is 36.4 Å². The van der Waals surface area contributed by atoms with Gasteiger partial charge in [0.1, 0.15) is 0 Å². The molecule has 3 nitrogen and oxygen atoms in total. The summed E-state index contributed by atoms with van der Waals surface area (Å²) >= 11 is 6.13. The van der Waals surface area contributed by atoms with Gasteiger partial charge in [0.05, 0.1) is 12.1 Å². The van der Waals surface area contributed by atoms with Crippen LogP contribution in [0.2, 0.25) is 5.02 Å². The fourth-order valence-corrected chi connectivity index (χ4v) is 2.82. The molecule has 0 amide bonds. The molecule has 2 rings (SSSR count). The van der Waals surface area contributed by atoms with Crippen molar-refractivity contribution in [3.05, 3.63) is 65.2 Å². The van der Waals surface area contributed by atoms with Crippen molar-refractivity contribution in [2.45, 2.75) is 19.1 Å². The van der Waals surface area contributed by atoms with Gasteiger partial charge in [0.15, 0.2) is 0 Å². The zero-order valence-electron chi connectivity index (χ0n) is 13.4. The predicted molar refractivity (Wildman–Crippen MR) is 101 cm³/mol. The molecule has 2 unspecified atom stereocenters. The Bertz CT molecular complexity index is 580. The van der Waals surface area contributed by atoms with E-state index in [1.165, 1.54) is 0 Å². The number of hydrogen-bond donors (Lipinski definition) is 2. The van der Waals surface area contributed by atoms with E-state index in [-0.39, 0.29) is 18.4 Å². The first-order valence-corrected chi connectivity index (χ1v) is 7.93. The van der Waals surface area contributed by atoms with Crippen LogP contribution in [0.4, 0.5) is 5.69 Å². The second-order valence-corrected chi connectivity index (χ2v) is 5.76. The molecule has 0 aliphatic rings. The SMILES string of the molecule is CCNCC(O)C(c1cccc(Cl)c1)N(C)c1ccccc1.Cl. The van der Waals surface area contributed by atoms with Crippen molar-refractivity contribution in [3.63, 3.8) is 0 Å². The largest absolute Gasteiger partial charge is 0.389 e. The Morgan fingerprint density at radius 1 is 1.13 bits per heavy atom. The molecule has 0 fully saturated rings. The normalized spacial score (nSPS) is 13.0. The second kappa shape index (κ2) is 9.78. The second-order valence-electron chi connectivity index (χ2n) is 5.32. The molecule has 2 N–H and O–H groups in total. The fourth-order valence-electron chi connectivity index (χ4n) is 2.62. The van der Waals surface area contributed by atoms with E-state index in [9.17, 15) is 5.11 Å². The molecular formula is C18H24Cl2N2O. The summed E-state index contributed by atoms with van der Waals surface area (Å²) < 4.78 is 0. The third-order valence-corrected chi connectivity index (χ3v) is 3.97. The van der Waals surface area contributed by atoms with Gasteiger partial charge in [0.2, 0.25) is 0 Å². The van der Waals surface area contributed by atoms with Gasteiger partial charge in [0.25, 0.3) is 0 Å². The fraction of sp³-hybridized carbons (Fsp3) is 0.333. The highest BCUT2D eigenvalue weighted by atomic mass is 35.5. The summed E-state index contributed by atoms with van der Waals surface area (Å²) in [6.07, 6.45) is -0.538. The van der Waals surface area contributed by atoms with Crippen LogP contribution in [0.1, 0.15) is 18.5 Å². The Morgan fingerprint density at radius 3 is 2.43 bits per heavy atom. The molecule has 0 heterocycles. The van der Waals surface area contributed by atoms with E-state index in [0.29, 0.717) is 11.6 Å². The van der Waals surface area contributed by atoms with Crippen molar-refractivity contribution in [1.29, 1.82) is 0 Å². The maximum atomic E-state index is 10.7.